The van der Waals surface area contributed by atoms with Gasteiger partial charge in [-0.1, -0.05) is 13.0 Å². The summed E-state index contributed by atoms with van der Waals surface area (Å²) in [4.78, 5) is 22.1. The molecule has 2 heterocycles. The van der Waals surface area contributed by atoms with Gasteiger partial charge in [0.05, 0.1) is 17.0 Å². The monoisotopic (exact) mass is 273 g/mol. The Morgan fingerprint density at radius 2 is 2.26 bits per heavy atom. The highest BCUT2D eigenvalue weighted by Crippen LogP contribution is 2.35. The summed E-state index contributed by atoms with van der Waals surface area (Å²) in [5.74, 6) is 0.658. The van der Waals surface area contributed by atoms with Crippen LogP contribution in [0.25, 0.3) is 0 Å². The van der Waals surface area contributed by atoms with Crippen molar-refractivity contribution in [2.45, 2.75) is 32.1 Å². The second-order valence-electron chi connectivity index (χ2n) is 4.75. The number of nitrogens with two attached hydrogens (primary N) is 1. The zero-order valence-electron chi connectivity index (χ0n) is 10.7. The lowest BCUT2D eigenvalue weighted by Gasteiger charge is -2.23. The molecule has 0 spiro atoms. The molecule has 0 aliphatic heterocycles. The van der Waals surface area contributed by atoms with Gasteiger partial charge in [-0.05, 0) is 24.3 Å². The first-order valence-electron chi connectivity index (χ1n) is 6.41. The molecule has 1 aliphatic rings. The van der Waals surface area contributed by atoms with Gasteiger partial charge >= 0.3 is 0 Å². The molecule has 0 bridgehead atoms. The maximum absolute atomic E-state index is 12.4. The Balaban J connectivity index is 2.05. The van der Waals surface area contributed by atoms with Gasteiger partial charge in [-0.15, -0.1) is 11.3 Å². The fraction of sp³-hybridized carbons (Fsp3) is 0.357. The lowest BCUT2D eigenvalue weighted by molar-refractivity contribution is 0.0962. The highest BCUT2D eigenvalue weighted by molar-refractivity contribution is 7.10. The topological polar surface area (TPSA) is 68.9 Å². The highest BCUT2D eigenvalue weighted by atomic mass is 32.1. The normalized spacial score (nSPS) is 18.4. The largest absolute Gasteiger partial charge is 0.368 e. The number of hydrogen-bond donors (Lipinski definition) is 1. The van der Waals surface area contributed by atoms with Gasteiger partial charge in [0, 0.05) is 17.2 Å². The molecular formula is C14H15N3OS. The first-order valence-corrected chi connectivity index (χ1v) is 7.28. The third-order valence-electron chi connectivity index (χ3n) is 3.51. The Hall–Kier alpha value is -1.75. The van der Waals surface area contributed by atoms with Crippen molar-refractivity contribution < 1.29 is 4.79 Å². The fourth-order valence-corrected chi connectivity index (χ4v) is 3.49. The molecule has 0 radical (unpaired) electrons. The smallest absolute Gasteiger partial charge is 0.220 e. The molecule has 2 aromatic heterocycles. The van der Waals surface area contributed by atoms with Gasteiger partial charge in [0.2, 0.25) is 5.95 Å². The van der Waals surface area contributed by atoms with Crippen LogP contribution in [0.1, 0.15) is 45.9 Å². The Morgan fingerprint density at radius 1 is 1.42 bits per heavy atom. The number of fused-ring (bicyclic) bond motifs is 1. The lowest BCUT2D eigenvalue weighted by Crippen LogP contribution is -2.23. The predicted octanol–water partition coefficient (Wildman–Crippen LogP) is 2.60. The van der Waals surface area contributed by atoms with Crippen molar-refractivity contribution in [2.24, 2.45) is 0 Å². The number of ketones is 1. The molecule has 1 atom stereocenters. The van der Waals surface area contributed by atoms with Crippen molar-refractivity contribution in [3.05, 3.63) is 39.3 Å². The number of rotatable bonds is 2. The van der Waals surface area contributed by atoms with Gasteiger partial charge in [-0.2, -0.15) is 0 Å². The van der Waals surface area contributed by atoms with Crippen molar-refractivity contribution in [3.63, 3.8) is 0 Å². The summed E-state index contributed by atoms with van der Waals surface area (Å²) in [5, 5.41) is 2.04. The average Bonchev–Trinajstić information content (AvgIpc) is 2.90. The predicted molar refractivity (Wildman–Crippen MR) is 75.5 cm³/mol. The van der Waals surface area contributed by atoms with Crippen LogP contribution in [0.3, 0.4) is 0 Å². The van der Waals surface area contributed by atoms with Crippen LogP contribution in [0.5, 0.6) is 0 Å². The van der Waals surface area contributed by atoms with E-state index in [1.807, 2.05) is 18.4 Å². The summed E-state index contributed by atoms with van der Waals surface area (Å²) >= 11 is 1.69. The Morgan fingerprint density at radius 3 is 2.95 bits per heavy atom. The van der Waals surface area contributed by atoms with Crippen molar-refractivity contribution in [1.29, 1.82) is 0 Å². The average molecular weight is 273 g/mol. The number of nitrogen functional groups attached to an aromatic ring is 1. The van der Waals surface area contributed by atoms with Crippen molar-refractivity contribution in [1.82, 2.24) is 9.97 Å². The maximum Gasteiger partial charge on any atom is 0.220 e. The Labute approximate surface area is 115 Å². The van der Waals surface area contributed by atoms with Gasteiger partial charge in [0.25, 0.3) is 0 Å². The van der Waals surface area contributed by atoms with Gasteiger partial charge < -0.3 is 5.73 Å². The van der Waals surface area contributed by atoms with Crippen LogP contribution in [0.2, 0.25) is 0 Å². The van der Waals surface area contributed by atoms with E-state index >= 15 is 0 Å². The van der Waals surface area contributed by atoms with Crippen LogP contribution in [-0.4, -0.2) is 15.8 Å². The first kappa shape index (κ1) is 12.3. The summed E-state index contributed by atoms with van der Waals surface area (Å²) in [5.41, 5.74) is 8.06. The molecule has 0 aromatic carbocycles. The van der Waals surface area contributed by atoms with Crippen LogP contribution in [0.15, 0.2) is 17.5 Å². The molecule has 19 heavy (non-hydrogen) atoms. The van der Waals surface area contributed by atoms with E-state index in [-0.39, 0.29) is 17.6 Å². The lowest BCUT2D eigenvalue weighted by atomic mass is 9.84. The SMILES string of the molecule is CCc1nc(N)nc2c1C(=O)C[C@H](c1cccs1)C2. The molecule has 2 aromatic rings. The quantitative estimate of drug-likeness (QED) is 0.913. The van der Waals surface area contributed by atoms with Gasteiger partial charge in [0.1, 0.15) is 0 Å². The molecule has 0 amide bonds. The van der Waals surface area contributed by atoms with Gasteiger partial charge in [-0.25, -0.2) is 9.97 Å². The van der Waals surface area contributed by atoms with Crippen LogP contribution < -0.4 is 5.73 Å². The van der Waals surface area contributed by atoms with E-state index in [2.05, 4.69) is 16.0 Å². The number of anilines is 1. The number of Topliss-reactive ketones (excluding diaryl/α,β-unsaturated/α-hetero) is 1. The highest BCUT2D eigenvalue weighted by Gasteiger charge is 2.30. The summed E-state index contributed by atoms with van der Waals surface area (Å²) in [7, 11) is 0. The van der Waals surface area contributed by atoms with Crippen LogP contribution in [0.4, 0.5) is 5.95 Å². The van der Waals surface area contributed by atoms with E-state index in [0.717, 1.165) is 17.8 Å². The van der Waals surface area contributed by atoms with E-state index in [1.54, 1.807) is 11.3 Å². The molecule has 1 aliphatic carbocycles. The minimum absolute atomic E-state index is 0.150. The van der Waals surface area contributed by atoms with Crippen molar-refractivity contribution >= 4 is 23.1 Å². The molecule has 3 rings (SSSR count). The van der Waals surface area contributed by atoms with E-state index in [4.69, 9.17) is 5.73 Å². The summed E-state index contributed by atoms with van der Waals surface area (Å²) in [6, 6.07) is 4.10. The number of aryl methyl sites for hydroxylation is 1. The zero-order valence-corrected chi connectivity index (χ0v) is 11.5. The van der Waals surface area contributed by atoms with Crippen LogP contribution in [0, 0.1) is 0 Å². The molecule has 4 nitrogen and oxygen atoms in total. The molecule has 0 saturated heterocycles. The van der Waals surface area contributed by atoms with E-state index in [1.165, 1.54) is 4.88 Å². The van der Waals surface area contributed by atoms with E-state index in [9.17, 15) is 4.79 Å². The molecule has 2 N–H and O–H groups in total. The number of nitrogens with zero attached hydrogens (tertiary/aromatic N) is 2. The summed E-state index contributed by atoms with van der Waals surface area (Å²) in [6.45, 7) is 1.99. The van der Waals surface area contributed by atoms with Gasteiger partial charge in [0.15, 0.2) is 5.78 Å². The van der Waals surface area contributed by atoms with Crippen molar-refractivity contribution in [2.75, 3.05) is 5.73 Å². The van der Waals surface area contributed by atoms with E-state index in [0.29, 0.717) is 18.4 Å². The van der Waals surface area contributed by atoms with E-state index < -0.39 is 0 Å². The first-order chi connectivity index (χ1) is 9.19. The Bertz CT molecular complexity index is 622. The van der Waals surface area contributed by atoms with Crippen molar-refractivity contribution in [3.8, 4) is 0 Å². The van der Waals surface area contributed by atoms with Gasteiger partial charge in [-0.3, -0.25) is 4.79 Å². The minimum Gasteiger partial charge on any atom is -0.368 e. The van der Waals surface area contributed by atoms with Crippen LogP contribution in [-0.2, 0) is 12.8 Å². The minimum atomic E-state index is 0.150. The third kappa shape index (κ3) is 2.14. The molecule has 0 unspecified atom stereocenters. The van der Waals surface area contributed by atoms with Crippen LogP contribution >= 0.6 is 11.3 Å². The maximum atomic E-state index is 12.4. The number of hydrogen-bond acceptors (Lipinski definition) is 5. The Kier molecular flexibility index (Phi) is 3.06. The summed E-state index contributed by atoms with van der Waals surface area (Å²) in [6.07, 6.45) is 2.04. The second-order valence-corrected chi connectivity index (χ2v) is 5.73. The number of carbonyl (C=O) groups excluding carboxylic acids is 1. The number of carbonyl (C=O) groups is 1. The second kappa shape index (κ2) is 4.74. The zero-order chi connectivity index (χ0) is 13.4. The summed E-state index contributed by atoms with van der Waals surface area (Å²) < 4.78 is 0. The molecule has 0 fully saturated rings. The molecule has 5 heteroatoms. The molecular weight excluding hydrogens is 258 g/mol. The number of thiophene rings is 1. The third-order valence-corrected chi connectivity index (χ3v) is 4.54. The standard InChI is InChI=1S/C14H15N3OS/c1-2-9-13-10(17-14(15)16-9)6-8(7-11(13)18)12-4-3-5-19-12/h3-5,8H,2,6-7H2,1H3,(H2,15,16,17)/t8-/m1/s1. The number of aromatic nitrogens is 2. The molecule has 98 valence electrons. The molecule has 0 saturated carbocycles. The fourth-order valence-electron chi connectivity index (χ4n) is 2.66.